The lowest BCUT2D eigenvalue weighted by molar-refractivity contribution is -0.118. The zero-order chi connectivity index (χ0) is 9.84. The van der Waals surface area contributed by atoms with Crippen LogP contribution < -0.4 is 5.32 Å². The summed E-state index contributed by atoms with van der Waals surface area (Å²) in [6, 6.07) is 0. The fraction of sp³-hybridized carbons (Fsp3) is 0.500. The number of carbonyl (C=O) groups excluding carboxylic acids is 1. The van der Waals surface area contributed by atoms with Gasteiger partial charge in [0.15, 0.2) is 0 Å². The van der Waals surface area contributed by atoms with Crippen LogP contribution in [0.1, 0.15) is 12.5 Å². The molecule has 1 amide bonds. The largest absolute Gasteiger partial charge is 0.311 e. The number of hydrogen-bond acceptors (Lipinski definition) is 2. The van der Waals surface area contributed by atoms with Crippen molar-refractivity contribution in [2.45, 2.75) is 13.8 Å². The first-order valence-corrected chi connectivity index (χ1v) is 4.55. The maximum absolute atomic E-state index is 11.4. The highest BCUT2D eigenvalue weighted by atomic mass is 35.5. The Balaban J connectivity index is 2.60. The van der Waals surface area contributed by atoms with Crippen molar-refractivity contribution in [2.75, 3.05) is 11.2 Å². The Morgan fingerprint density at radius 3 is 3.00 bits per heavy atom. The Morgan fingerprint density at radius 2 is 2.54 bits per heavy atom. The maximum atomic E-state index is 11.4. The number of aromatic nitrogens is 2. The van der Waals surface area contributed by atoms with E-state index >= 15 is 0 Å². The van der Waals surface area contributed by atoms with Gasteiger partial charge in [0.05, 0.1) is 6.20 Å². The van der Waals surface area contributed by atoms with Crippen LogP contribution in [0.15, 0.2) is 6.20 Å². The van der Waals surface area contributed by atoms with E-state index in [1.54, 1.807) is 13.1 Å². The minimum Gasteiger partial charge on any atom is -0.311 e. The molecule has 1 unspecified atom stereocenters. The molecule has 13 heavy (non-hydrogen) atoms. The highest BCUT2D eigenvalue weighted by Gasteiger charge is 2.12. The zero-order valence-corrected chi connectivity index (χ0v) is 8.35. The molecule has 2 N–H and O–H groups in total. The monoisotopic (exact) mass is 201 g/mol. The summed E-state index contributed by atoms with van der Waals surface area (Å²) < 4.78 is 0. The first-order chi connectivity index (χ1) is 6.15. The van der Waals surface area contributed by atoms with Crippen LogP contribution in [-0.2, 0) is 4.79 Å². The average Bonchev–Trinajstić information content (AvgIpc) is 2.50. The fourth-order valence-corrected chi connectivity index (χ4v) is 0.930. The number of nitrogens with one attached hydrogen (secondary N) is 2. The SMILES string of the molecule is Cc1cn[nH]c1NC(=O)C(C)CCl. The summed E-state index contributed by atoms with van der Waals surface area (Å²) in [6.45, 7) is 3.64. The number of aromatic amines is 1. The molecule has 5 heteroatoms. The normalized spacial score (nSPS) is 12.5. The molecule has 0 spiro atoms. The van der Waals surface area contributed by atoms with E-state index in [1.165, 1.54) is 0 Å². The molecule has 0 radical (unpaired) electrons. The van der Waals surface area contributed by atoms with Crippen LogP contribution in [0.25, 0.3) is 0 Å². The first kappa shape index (κ1) is 10.1. The summed E-state index contributed by atoms with van der Waals surface area (Å²) in [5.41, 5.74) is 0.912. The highest BCUT2D eigenvalue weighted by Crippen LogP contribution is 2.10. The van der Waals surface area contributed by atoms with Crippen molar-refractivity contribution in [1.29, 1.82) is 0 Å². The number of hydrogen-bond donors (Lipinski definition) is 2. The Morgan fingerprint density at radius 1 is 1.85 bits per heavy atom. The zero-order valence-electron chi connectivity index (χ0n) is 7.60. The summed E-state index contributed by atoms with van der Waals surface area (Å²) in [6.07, 6.45) is 1.65. The van der Waals surface area contributed by atoms with E-state index in [4.69, 9.17) is 11.6 Å². The Hall–Kier alpha value is -1.03. The molecular formula is C8H12ClN3O. The molecule has 0 bridgehead atoms. The van der Waals surface area contributed by atoms with Gasteiger partial charge < -0.3 is 5.32 Å². The van der Waals surface area contributed by atoms with Crippen LogP contribution in [0.5, 0.6) is 0 Å². The molecule has 1 heterocycles. The number of alkyl halides is 1. The molecular weight excluding hydrogens is 190 g/mol. The van der Waals surface area contributed by atoms with E-state index in [2.05, 4.69) is 15.5 Å². The van der Waals surface area contributed by atoms with Crippen LogP contribution in [0.2, 0.25) is 0 Å². The van der Waals surface area contributed by atoms with Crippen molar-refractivity contribution in [3.8, 4) is 0 Å². The van der Waals surface area contributed by atoms with Gasteiger partial charge >= 0.3 is 0 Å². The first-order valence-electron chi connectivity index (χ1n) is 4.02. The third-order valence-corrected chi connectivity index (χ3v) is 2.22. The molecule has 4 nitrogen and oxygen atoms in total. The van der Waals surface area contributed by atoms with Gasteiger partial charge in [-0.3, -0.25) is 9.89 Å². The van der Waals surface area contributed by atoms with Gasteiger partial charge in [0.2, 0.25) is 5.91 Å². The number of halogens is 1. The number of aryl methyl sites for hydroxylation is 1. The molecule has 0 aliphatic rings. The average molecular weight is 202 g/mol. The quantitative estimate of drug-likeness (QED) is 0.729. The van der Waals surface area contributed by atoms with Gasteiger partial charge in [0.1, 0.15) is 5.82 Å². The second-order valence-corrected chi connectivity index (χ2v) is 3.28. The number of rotatable bonds is 3. The number of H-pyrrole nitrogens is 1. The minimum absolute atomic E-state index is 0.0950. The predicted molar refractivity (Wildman–Crippen MR) is 51.8 cm³/mol. The van der Waals surface area contributed by atoms with Crippen molar-refractivity contribution in [1.82, 2.24) is 10.2 Å². The van der Waals surface area contributed by atoms with E-state index in [0.29, 0.717) is 11.7 Å². The van der Waals surface area contributed by atoms with Gasteiger partial charge in [-0.25, -0.2) is 0 Å². The van der Waals surface area contributed by atoms with Crippen molar-refractivity contribution in [2.24, 2.45) is 5.92 Å². The lowest BCUT2D eigenvalue weighted by atomic mass is 10.2. The summed E-state index contributed by atoms with van der Waals surface area (Å²) in [4.78, 5) is 11.4. The lowest BCUT2D eigenvalue weighted by Crippen LogP contribution is -2.22. The third-order valence-electron chi connectivity index (χ3n) is 1.76. The fourth-order valence-electron chi connectivity index (χ4n) is 0.789. The van der Waals surface area contributed by atoms with Crippen LogP contribution in [-0.4, -0.2) is 22.0 Å². The standard InChI is InChI=1S/C8H12ClN3O/c1-5(3-9)8(13)11-7-6(2)4-10-12-7/h4-5H,3H2,1-2H3,(H2,10,11,12,13). The van der Waals surface area contributed by atoms with Gasteiger partial charge in [-0.05, 0) is 6.92 Å². The molecule has 0 aliphatic carbocycles. The molecule has 1 atom stereocenters. The van der Waals surface area contributed by atoms with Gasteiger partial charge in [-0.15, -0.1) is 11.6 Å². The van der Waals surface area contributed by atoms with Gasteiger partial charge in [0, 0.05) is 17.4 Å². The molecule has 0 saturated heterocycles. The van der Waals surface area contributed by atoms with E-state index in [9.17, 15) is 4.79 Å². The number of anilines is 1. The van der Waals surface area contributed by atoms with Crippen molar-refractivity contribution in [3.05, 3.63) is 11.8 Å². The van der Waals surface area contributed by atoms with Crippen LogP contribution in [0.3, 0.4) is 0 Å². The lowest BCUT2D eigenvalue weighted by Gasteiger charge is -2.07. The smallest absolute Gasteiger partial charge is 0.229 e. The summed E-state index contributed by atoms with van der Waals surface area (Å²) in [7, 11) is 0. The van der Waals surface area contributed by atoms with Gasteiger partial charge in [-0.1, -0.05) is 6.92 Å². The Bertz CT molecular complexity index is 297. The van der Waals surface area contributed by atoms with E-state index in [1.807, 2.05) is 6.92 Å². The van der Waals surface area contributed by atoms with Crippen molar-refractivity contribution < 1.29 is 4.79 Å². The molecule has 1 aromatic rings. The molecule has 72 valence electrons. The van der Waals surface area contributed by atoms with Crippen LogP contribution in [0, 0.1) is 12.8 Å². The van der Waals surface area contributed by atoms with Crippen LogP contribution in [0.4, 0.5) is 5.82 Å². The highest BCUT2D eigenvalue weighted by molar-refractivity contribution is 6.19. The second kappa shape index (κ2) is 4.28. The van der Waals surface area contributed by atoms with E-state index < -0.39 is 0 Å². The summed E-state index contributed by atoms with van der Waals surface area (Å²) in [5, 5.41) is 9.18. The molecule has 1 rings (SSSR count). The third kappa shape index (κ3) is 2.45. The summed E-state index contributed by atoms with van der Waals surface area (Å²) >= 11 is 5.54. The number of carbonyl (C=O) groups is 1. The number of nitrogens with zero attached hydrogens (tertiary/aromatic N) is 1. The predicted octanol–water partition coefficient (Wildman–Crippen LogP) is 1.53. The molecule has 0 fully saturated rings. The van der Waals surface area contributed by atoms with Gasteiger partial charge in [0.25, 0.3) is 0 Å². The topological polar surface area (TPSA) is 57.8 Å². The Labute approximate surface area is 81.7 Å². The van der Waals surface area contributed by atoms with Gasteiger partial charge in [-0.2, -0.15) is 5.10 Å². The molecule has 0 aromatic carbocycles. The van der Waals surface area contributed by atoms with Crippen molar-refractivity contribution >= 4 is 23.3 Å². The molecule has 1 aromatic heterocycles. The van der Waals surface area contributed by atoms with Crippen LogP contribution >= 0.6 is 11.6 Å². The molecule has 0 saturated carbocycles. The van der Waals surface area contributed by atoms with Crippen molar-refractivity contribution in [3.63, 3.8) is 0 Å². The Kier molecular flexibility index (Phi) is 3.31. The maximum Gasteiger partial charge on any atom is 0.229 e. The molecule has 0 aliphatic heterocycles. The minimum atomic E-state index is -0.190. The van der Waals surface area contributed by atoms with E-state index in [-0.39, 0.29) is 11.8 Å². The number of amides is 1. The second-order valence-electron chi connectivity index (χ2n) is 2.97. The van der Waals surface area contributed by atoms with E-state index in [0.717, 1.165) is 5.56 Å². The summed E-state index contributed by atoms with van der Waals surface area (Å²) in [5.74, 6) is 0.674.